The Morgan fingerprint density at radius 1 is 0.516 bits per heavy atom. The molecule has 16 N–H and O–H groups in total. The van der Waals surface area contributed by atoms with Crippen LogP contribution in [0.1, 0.15) is 151 Å². The van der Waals surface area contributed by atoms with Gasteiger partial charge in [0.2, 0.25) is 65.0 Å². The Kier molecular flexibility index (Phi) is 31.5. The van der Waals surface area contributed by atoms with Gasteiger partial charge in [0.25, 0.3) is 0 Å². The molecular formula is C63H101N13O17. The molecule has 0 saturated carbocycles. The van der Waals surface area contributed by atoms with Crippen LogP contribution in [0.15, 0.2) is 30.3 Å². The Bertz CT molecular complexity index is 2750. The molecule has 0 aliphatic carbocycles. The van der Waals surface area contributed by atoms with Gasteiger partial charge >= 0.3 is 11.9 Å². The summed E-state index contributed by atoms with van der Waals surface area (Å²) < 4.78 is 0. The molecule has 4 rings (SSSR count). The number of hydrogen-bond donors (Lipinski definition) is 14. The number of amides is 11. The molecule has 30 heteroatoms. The highest BCUT2D eigenvalue weighted by molar-refractivity contribution is 6.00. The van der Waals surface area contributed by atoms with Gasteiger partial charge in [0, 0.05) is 32.5 Å². The highest BCUT2D eigenvalue weighted by Crippen LogP contribution is 2.30. The number of nitrogens with two attached hydrogens (primary N) is 2. The molecule has 3 saturated heterocycles. The summed E-state index contributed by atoms with van der Waals surface area (Å²) in [6.07, 6.45) is 0.474. The Morgan fingerprint density at radius 2 is 0.978 bits per heavy atom. The van der Waals surface area contributed by atoms with Gasteiger partial charge in [-0.1, -0.05) is 71.9 Å². The molecular weight excluding hydrogens is 1210 g/mol. The highest BCUT2D eigenvalue weighted by Gasteiger charge is 2.47. The van der Waals surface area contributed by atoms with Crippen molar-refractivity contribution in [2.45, 2.75) is 230 Å². The first-order valence-corrected chi connectivity index (χ1v) is 32.5. The summed E-state index contributed by atoms with van der Waals surface area (Å²) in [7, 11) is 0. The molecule has 13 atom stereocenters. The number of aliphatic carboxylic acids is 2. The van der Waals surface area contributed by atoms with E-state index in [-0.39, 0.29) is 95.3 Å². The summed E-state index contributed by atoms with van der Waals surface area (Å²) in [5.74, 6) is -11.4. The molecule has 0 radical (unpaired) electrons. The van der Waals surface area contributed by atoms with Crippen LogP contribution in [0.25, 0.3) is 0 Å². The number of likely N-dealkylation sites (tertiary alicyclic amines) is 3. The molecule has 3 aliphatic heterocycles. The second kappa shape index (κ2) is 37.8. The SMILES string of the molecule is CC(C)C[C@H](NC(=O)[C@H](Cc1ccccc1)NC(=O)[C@H](C)NC(=O)[C@@H]1CCCN1C(=O)[C@@H]1CCCN1C(=O)[C@@H]1CCCN1C(=O)[C@H](CC(C)C)NC(=O)[C@H](CCCCN)NC(=O)[C@H](CO)NC(=O)[C@@H](NC(=O)[C@H](CCC(=O)O)NC(=O)[C@@H](N)CC(C)C)[C@@H](C)O)C(=O)O. The lowest BCUT2D eigenvalue weighted by Crippen LogP contribution is -2.62. The number of benzene rings is 1. The van der Waals surface area contributed by atoms with Crippen molar-refractivity contribution < 1.29 is 82.8 Å². The maximum absolute atomic E-state index is 14.8. The highest BCUT2D eigenvalue weighted by atomic mass is 16.4. The van der Waals surface area contributed by atoms with Gasteiger partial charge in [-0.25, -0.2) is 4.79 Å². The van der Waals surface area contributed by atoms with Crippen LogP contribution in [0.4, 0.5) is 0 Å². The molecule has 93 heavy (non-hydrogen) atoms. The predicted octanol–water partition coefficient (Wildman–Crippen LogP) is -1.98. The number of aliphatic hydroxyl groups is 2. The van der Waals surface area contributed by atoms with E-state index in [4.69, 9.17) is 11.5 Å². The fraction of sp³-hybridized carbons (Fsp3) is 0.698. The van der Waals surface area contributed by atoms with Crippen molar-refractivity contribution in [2.24, 2.45) is 29.2 Å². The Morgan fingerprint density at radius 3 is 1.53 bits per heavy atom. The number of unbranched alkanes of at least 4 members (excludes halogenated alkanes) is 1. The second-order valence-corrected chi connectivity index (χ2v) is 25.8. The lowest BCUT2D eigenvalue weighted by molar-refractivity contribution is -0.151. The zero-order chi connectivity index (χ0) is 69.4. The van der Waals surface area contributed by atoms with E-state index in [0.717, 1.165) is 6.92 Å². The fourth-order valence-electron chi connectivity index (χ4n) is 11.7. The van der Waals surface area contributed by atoms with E-state index in [1.165, 1.54) is 21.6 Å². The van der Waals surface area contributed by atoms with E-state index in [2.05, 4.69) is 42.5 Å². The molecule has 0 spiro atoms. The fourth-order valence-corrected chi connectivity index (χ4v) is 11.7. The van der Waals surface area contributed by atoms with E-state index in [1.54, 1.807) is 30.3 Å². The van der Waals surface area contributed by atoms with Crippen molar-refractivity contribution in [1.29, 1.82) is 0 Å². The van der Waals surface area contributed by atoms with Gasteiger partial charge in [-0.3, -0.25) is 57.5 Å². The largest absolute Gasteiger partial charge is 0.481 e. The number of aliphatic hydroxyl groups excluding tert-OH is 2. The van der Waals surface area contributed by atoms with Crippen LogP contribution in [0.3, 0.4) is 0 Å². The van der Waals surface area contributed by atoms with Gasteiger partial charge < -0.3 is 89.1 Å². The number of rotatable bonds is 37. The van der Waals surface area contributed by atoms with Crippen LogP contribution >= 0.6 is 0 Å². The van der Waals surface area contributed by atoms with E-state index in [1.807, 2.05) is 41.5 Å². The molecule has 0 bridgehead atoms. The Hall–Kier alpha value is -7.83. The minimum Gasteiger partial charge on any atom is -0.481 e. The Balaban J connectivity index is 1.46. The average molecular weight is 1310 g/mol. The lowest BCUT2D eigenvalue weighted by atomic mass is 10.0. The van der Waals surface area contributed by atoms with Gasteiger partial charge in [0.1, 0.15) is 66.5 Å². The maximum atomic E-state index is 14.8. The van der Waals surface area contributed by atoms with Crippen molar-refractivity contribution in [3.63, 3.8) is 0 Å². The lowest BCUT2D eigenvalue weighted by Gasteiger charge is -2.35. The number of nitrogens with one attached hydrogen (secondary N) is 8. The van der Waals surface area contributed by atoms with Crippen LogP contribution in [0.2, 0.25) is 0 Å². The maximum Gasteiger partial charge on any atom is 0.326 e. The summed E-state index contributed by atoms with van der Waals surface area (Å²) in [5, 5.41) is 60.3. The summed E-state index contributed by atoms with van der Waals surface area (Å²) in [4.78, 5) is 182. The molecule has 520 valence electrons. The number of nitrogens with zero attached hydrogens (tertiary/aromatic N) is 3. The van der Waals surface area contributed by atoms with E-state index >= 15 is 0 Å². The summed E-state index contributed by atoms with van der Waals surface area (Å²) >= 11 is 0. The first kappa shape index (κ1) is 77.6. The summed E-state index contributed by atoms with van der Waals surface area (Å²) in [6.45, 7) is 13.1. The van der Waals surface area contributed by atoms with Crippen molar-refractivity contribution >= 4 is 76.9 Å². The third kappa shape index (κ3) is 23.9. The summed E-state index contributed by atoms with van der Waals surface area (Å²) in [5.41, 5.74) is 12.4. The molecule has 3 heterocycles. The molecule has 3 aliphatic rings. The third-order valence-corrected chi connectivity index (χ3v) is 16.6. The first-order chi connectivity index (χ1) is 43.9. The predicted molar refractivity (Wildman–Crippen MR) is 338 cm³/mol. The van der Waals surface area contributed by atoms with E-state index < -0.39 is 175 Å². The van der Waals surface area contributed by atoms with Crippen molar-refractivity contribution in [2.75, 3.05) is 32.8 Å². The first-order valence-electron chi connectivity index (χ1n) is 32.5. The van der Waals surface area contributed by atoms with Gasteiger partial charge in [0.15, 0.2) is 0 Å². The number of carbonyl (C=O) groups is 13. The number of carbonyl (C=O) groups excluding carboxylic acids is 11. The number of hydrogen-bond acceptors (Lipinski definition) is 17. The Labute approximate surface area is 543 Å². The standard InChI is InChI=1S/C63H101N13O17/c1-34(2)29-40(65)53(82)67-42(23-24-50(79)80)55(84)73-51(38(8)78)59(88)72-46(33-77)57(86)68-41(19-12-13-25-64)54(83)70-44(30-35(3)4)60(89)75-27-15-21-48(75)62(91)76-28-16-22-49(76)61(90)74-26-14-20-47(74)58(87)66-37(7)52(81)69-43(32-39-17-10-9-11-18-39)56(85)71-45(63(92)93)31-36(5)6/h9-11,17-18,34-38,40-49,51,77-78H,12-16,19-33,64-65H2,1-8H3,(H,66,87)(H,67,82)(H,68,86)(H,69,81)(H,70,83)(H,71,85)(H,72,88)(H,73,84)(H,79,80)(H,92,93)/t37-,38+,40-,41-,42-,43-,44-,45-,46-,47-,48-,49-,51-/m0/s1. The topological polar surface area (TPSA) is 461 Å². The second-order valence-electron chi connectivity index (χ2n) is 25.8. The van der Waals surface area contributed by atoms with Gasteiger partial charge in [-0.15, -0.1) is 0 Å². The molecule has 30 nitrogen and oxygen atoms in total. The monoisotopic (exact) mass is 1310 g/mol. The minimum atomic E-state index is -1.82. The molecule has 3 fully saturated rings. The number of carboxylic acid groups (broad SMARTS) is 2. The van der Waals surface area contributed by atoms with E-state index in [0.29, 0.717) is 37.7 Å². The van der Waals surface area contributed by atoms with Crippen LogP contribution < -0.4 is 54.0 Å². The van der Waals surface area contributed by atoms with Crippen LogP contribution in [-0.4, -0.2) is 223 Å². The summed E-state index contributed by atoms with van der Waals surface area (Å²) in [6, 6.07) is -6.75. The molecule has 0 unspecified atom stereocenters. The van der Waals surface area contributed by atoms with Crippen LogP contribution in [0.5, 0.6) is 0 Å². The number of carboxylic acids is 2. The van der Waals surface area contributed by atoms with Crippen LogP contribution in [-0.2, 0) is 68.7 Å². The van der Waals surface area contributed by atoms with Crippen molar-refractivity contribution in [1.82, 2.24) is 57.2 Å². The molecule has 0 aromatic heterocycles. The molecule has 1 aromatic rings. The van der Waals surface area contributed by atoms with E-state index in [9.17, 15) is 82.8 Å². The molecule has 11 amide bonds. The quantitative estimate of drug-likeness (QED) is 0.0321. The smallest absolute Gasteiger partial charge is 0.326 e. The van der Waals surface area contributed by atoms with Crippen molar-refractivity contribution in [3.05, 3.63) is 35.9 Å². The molecule has 1 aromatic carbocycles. The van der Waals surface area contributed by atoms with Crippen molar-refractivity contribution in [3.8, 4) is 0 Å². The van der Waals surface area contributed by atoms with Gasteiger partial charge in [-0.2, -0.15) is 0 Å². The normalized spacial score (nSPS) is 19.6. The van der Waals surface area contributed by atoms with Crippen LogP contribution in [0, 0.1) is 17.8 Å². The average Bonchev–Trinajstić information content (AvgIpc) is 1.69. The third-order valence-electron chi connectivity index (χ3n) is 16.6. The zero-order valence-electron chi connectivity index (χ0n) is 54.9. The minimum absolute atomic E-state index is 0.00762. The van der Waals surface area contributed by atoms with Gasteiger partial charge in [-0.05, 0) is 127 Å². The van der Waals surface area contributed by atoms with Gasteiger partial charge in [0.05, 0.1) is 18.8 Å². The zero-order valence-corrected chi connectivity index (χ0v) is 54.9.